The summed E-state index contributed by atoms with van der Waals surface area (Å²) in [4.78, 5) is 12.2. The molecule has 0 saturated heterocycles. The maximum atomic E-state index is 5.98. The van der Waals surface area contributed by atoms with E-state index in [-0.39, 0.29) is 5.41 Å². The van der Waals surface area contributed by atoms with Gasteiger partial charge in [0.05, 0.1) is 10.5 Å². The summed E-state index contributed by atoms with van der Waals surface area (Å²) in [6, 6.07) is 1.81. The maximum Gasteiger partial charge on any atom is 0.179 e. The van der Waals surface area contributed by atoms with E-state index in [1.165, 1.54) is 25.7 Å². The number of hydrogen-bond donors (Lipinski definition) is 1. The lowest BCUT2D eigenvalue weighted by Gasteiger charge is -2.24. The van der Waals surface area contributed by atoms with Gasteiger partial charge < -0.3 is 4.98 Å². The van der Waals surface area contributed by atoms with Crippen molar-refractivity contribution in [1.82, 2.24) is 15.0 Å². The molecule has 0 aromatic carbocycles. The predicted molar refractivity (Wildman–Crippen MR) is 74.3 cm³/mol. The first-order valence-corrected chi connectivity index (χ1v) is 7.12. The highest BCUT2D eigenvalue weighted by Gasteiger charge is 2.36. The number of aromatic amines is 1. The molecule has 3 nitrogen and oxygen atoms in total. The fraction of sp³-hybridized carbons (Fsp3) is 0.538. The van der Waals surface area contributed by atoms with E-state index in [1.54, 1.807) is 6.07 Å². The van der Waals surface area contributed by atoms with Crippen molar-refractivity contribution in [2.45, 2.75) is 44.4 Å². The number of hydrogen-bond acceptors (Lipinski definition) is 2. The Morgan fingerprint density at radius 1 is 1.28 bits per heavy atom. The Morgan fingerprint density at radius 2 is 2.00 bits per heavy atom. The van der Waals surface area contributed by atoms with Crippen molar-refractivity contribution in [3.63, 3.8) is 0 Å². The van der Waals surface area contributed by atoms with Gasteiger partial charge in [-0.15, -0.1) is 0 Å². The van der Waals surface area contributed by atoms with E-state index in [0.717, 1.165) is 17.8 Å². The van der Waals surface area contributed by atoms with Crippen LogP contribution < -0.4 is 0 Å². The number of aromatic nitrogens is 3. The summed E-state index contributed by atoms with van der Waals surface area (Å²) in [5, 5.41) is 0.788. The van der Waals surface area contributed by atoms with Gasteiger partial charge in [0.1, 0.15) is 11.0 Å². The summed E-state index contributed by atoms with van der Waals surface area (Å²) in [5.41, 5.74) is 1.73. The molecule has 1 fully saturated rings. The summed E-state index contributed by atoms with van der Waals surface area (Å²) in [7, 11) is 0. The van der Waals surface area contributed by atoms with E-state index < -0.39 is 0 Å². The highest BCUT2D eigenvalue weighted by Crippen LogP contribution is 2.42. The van der Waals surface area contributed by atoms with E-state index >= 15 is 0 Å². The predicted octanol–water partition coefficient (Wildman–Crippen LogP) is 4.49. The number of halogens is 2. The lowest BCUT2D eigenvalue weighted by atomic mass is 9.83. The molecule has 0 bridgehead atoms. The van der Waals surface area contributed by atoms with Gasteiger partial charge in [-0.3, -0.25) is 0 Å². The molecule has 1 aliphatic rings. The summed E-state index contributed by atoms with van der Waals surface area (Å²) in [6.07, 6.45) is 6.06. The monoisotopic (exact) mass is 283 g/mol. The summed E-state index contributed by atoms with van der Waals surface area (Å²) >= 11 is 11.9. The Bertz CT molecular complexity index is 546. The molecular formula is C13H15Cl2N3. The van der Waals surface area contributed by atoms with Crippen molar-refractivity contribution in [2.24, 2.45) is 0 Å². The third-order valence-electron chi connectivity index (χ3n) is 4.12. The van der Waals surface area contributed by atoms with Crippen LogP contribution in [0.5, 0.6) is 0 Å². The lowest BCUT2D eigenvalue weighted by molar-refractivity contribution is 0.403. The summed E-state index contributed by atoms with van der Waals surface area (Å²) < 4.78 is 0. The Morgan fingerprint density at radius 3 is 2.67 bits per heavy atom. The van der Waals surface area contributed by atoms with Crippen molar-refractivity contribution in [2.75, 3.05) is 0 Å². The number of imidazole rings is 1. The largest absolute Gasteiger partial charge is 0.340 e. The lowest BCUT2D eigenvalue weighted by Crippen LogP contribution is -2.22. The quantitative estimate of drug-likeness (QED) is 0.826. The maximum absolute atomic E-state index is 5.98. The second-order valence-corrected chi connectivity index (χ2v) is 5.82. The second kappa shape index (κ2) is 4.39. The molecule has 3 rings (SSSR count). The van der Waals surface area contributed by atoms with Crippen LogP contribution in [0.1, 0.15) is 44.9 Å². The smallest absolute Gasteiger partial charge is 0.179 e. The van der Waals surface area contributed by atoms with Crippen molar-refractivity contribution >= 4 is 34.4 Å². The van der Waals surface area contributed by atoms with E-state index in [4.69, 9.17) is 23.2 Å². The fourth-order valence-corrected chi connectivity index (χ4v) is 3.24. The normalized spacial score (nSPS) is 18.6. The molecule has 1 N–H and O–H groups in total. The summed E-state index contributed by atoms with van der Waals surface area (Å²) in [6.45, 7) is 2.23. The van der Waals surface area contributed by atoms with Crippen LogP contribution in [0.3, 0.4) is 0 Å². The molecular weight excluding hydrogens is 269 g/mol. The molecule has 1 saturated carbocycles. The molecule has 2 aromatic heterocycles. The third-order valence-corrected chi connectivity index (χ3v) is 4.80. The minimum atomic E-state index is 0.194. The molecule has 0 spiro atoms. The minimum Gasteiger partial charge on any atom is -0.340 e. The Hall–Kier alpha value is -0.800. The van der Waals surface area contributed by atoms with Gasteiger partial charge in [0.25, 0.3) is 0 Å². The number of rotatable bonds is 2. The average molecular weight is 284 g/mol. The molecule has 0 radical (unpaired) electrons. The number of nitrogens with one attached hydrogen (secondary N) is 1. The van der Waals surface area contributed by atoms with Crippen LogP contribution in [0.15, 0.2) is 6.07 Å². The van der Waals surface area contributed by atoms with Crippen molar-refractivity contribution in [1.29, 1.82) is 0 Å². The Kier molecular flexibility index (Phi) is 2.99. The van der Waals surface area contributed by atoms with Crippen LogP contribution in [0.4, 0.5) is 0 Å². The molecule has 0 amide bonds. The van der Waals surface area contributed by atoms with Gasteiger partial charge in [-0.25, -0.2) is 9.97 Å². The van der Waals surface area contributed by atoms with Crippen LogP contribution in [0.25, 0.3) is 11.2 Å². The van der Waals surface area contributed by atoms with E-state index in [1.807, 2.05) is 0 Å². The molecule has 2 aromatic rings. The highest BCUT2D eigenvalue weighted by molar-refractivity contribution is 6.41. The summed E-state index contributed by atoms with van der Waals surface area (Å²) in [5.74, 6) is 1.04. The molecule has 18 heavy (non-hydrogen) atoms. The van der Waals surface area contributed by atoms with E-state index in [0.29, 0.717) is 15.8 Å². The van der Waals surface area contributed by atoms with Gasteiger partial charge in [-0.05, 0) is 25.3 Å². The second-order valence-electron chi connectivity index (χ2n) is 5.06. The van der Waals surface area contributed by atoms with Gasteiger partial charge in [-0.1, -0.05) is 43.0 Å². The zero-order valence-corrected chi connectivity index (χ0v) is 11.8. The van der Waals surface area contributed by atoms with Crippen molar-refractivity contribution in [3.05, 3.63) is 22.1 Å². The first-order chi connectivity index (χ1) is 8.64. The molecule has 1 aliphatic carbocycles. The van der Waals surface area contributed by atoms with Crippen LogP contribution >= 0.6 is 23.2 Å². The minimum absolute atomic E-state index is 0.194. The number of fused-ring (bicyclic) bond motifs is 1. The standard InChI is InChI=1S/C13H15Cl2N3/c1-2-13(5-3-4-6-13)12-16-9-7-8(14)10(15)17-11(9)18-12/h7H,2-6H2,1H3,(H,16,17,18). The van der Waals surface area contributed by atoms with Gasteiger partial charge in [-0.2, -0.15) is 0 Å². The average Bonchev–Trinajstić information content (AvgIpc) is 2.96. The van der Waals surface area contributed by atoms with Gasteiger partial charge in [0.15, 0.2) is 5.65 Å². The van der Waals surface area contributed by atoms with Gasteiger partial charge in [0, 0.05) is 5.41 Å². The van der Waals surface area contributed by atoms with Crippen LogP contribution in [0, 0.1) is 0 Å². The molecule has 0 aliphatic heterocycles. The van der Waals surface area contributed by atoms with Crippen LogP contribution in [-0.4, -0.2) is 15.0 Å². The van der Waals surface area contributed by atoms with E-state index in [9.17, 15) is 0 Å². The fourth-order valence-electron chi connectivity index (χ4n) is 2.96. The SMILES string of the molecule is CCC1(c2nc3nc(Cl)c(Cl)cc3[nH]2)CCCC1. The van der Waals surface area contributed by atoms with Gasteiger partial charge in [0.2, 0.25) is 0 Å². The molecule has 0 unspecified atom stereocenters. The first-order valence-electron chi connectivity index (χ1n) is 6.37. The number of H-pyrrole nitrogens is 1. The third kappa shape index (κ3) is 1.81. The Balaban J connectivity index is 2.13. The van der Waals surface area contributed by atoms with Crippen molar-refractivity contribution < 1.29 is 0 Å². The van der Waals surface area contributed by atoms with E-state index in [2.05, 4.69) is 21.9 Å². The molecule has 96 valence electrons. The molecule has 5 heteroatoms. The Labute approximate surface area is 116 Å². The zero-order chi connectivity index (χ0) is 12.8. The number of nitrogens with zero attached hydrogens (tertiary/aromatic N) is 2. The highest BCUT2D eigenvalue weighted by atomic mass is 35.5. The van der Waals surface area contributed by atoms with Gasteiger partial charge >= 0.3 is 0 Å². The molecule has 0 atom stereocenters. The number of pyridine rings is 1. The van der Waals surface area contributed by atoms with Crippen LogP contribution in [0.2, 0.25) is 10.2 Å². The molecule has 2 heterocycles. The first kappa shape index (κ1) is 12.2. The van der Waals surface area contributed by atoms with Crippen molar-refractivity contribution in [3.8, 4) is 0 Å². The zero-order valence-electron chi connectivity index (χ0n) is 10.3. The topological polar surface area (TPSA) is 41.6 Å². The van der Waals surface area contributed by atoms with Crippen LogP contribution in [-0.2, 0) is 5.41 Å².